The van der Waals surface area contributed by atoms with Crippen molar-refractivity contribution in [3.8, 4) is 0 Å². The number of sulfonamides is 1. The summed E-state index contributed by atoms with van der Waals surface area (Å²) < 4.78 is 29.1. The molecule has 0 saturated heterocycles. The van der Waals surface area contributed by atoms with Crippen LogP contribution in [0, 0.1) is 5.92 Å². The molecule has 0 spiro atoms. The number of nitrogens with zero attached hydrogens (tertiary/aromatic N) is 2. The Morgan fingerprint density at radius 2 is 2.18 bits per heavy atom. The highest BCUT2D eigenvalue weighted by Crippen LogP contribution is 2.22. The number of hydrogen-bond acceptors (Lipinski definition) is 4. The van der Waals surface area contributed by atoms with Crippen LogP contribution in [0.3, 0.4) is 0 Å². The van der Waals surface area contributed by atoms with E-state index in [4.69, 9.17) is 5.11 Å². The Bertz CT molecular complexity index is 869. The molecule has 8 heteroatoms. The van der Waals surface area contributed by atoms with Crippen molar-refractivity contribution in [2.24, 2.45) is 13.0 Å². The van der Waals surface area contributed by atoms with E-state index >= 15 is 0 Å². The molecular formula is C14H15N3O4S. The van der Waals surface area contributed by atoms with Gasteiger partial charge in [-0.2, -0.15) is 0 Å². The van der Waals surface area contributed by atoms with Gasteiger partial charge in [0.05, 0.1) is 28.2 Å². The molecule has 1 aromatic carbocycles. The maximum absolute atomic E-state index is 12.4. The average molecular weight is 321 g/mol. The Balaban J connectivity index is 1.83. The summed E-state index contributed by atoms with van der Waals surface area (Å²) in [5, 5.41) is 8.93. The molecule has 0 amide bonds. The predicted octanol–water partition coefficient (Wildman–Crippen LogP) is 0.881. The van der Waals surface area contributed by atoms with Crippen molar-refractivity contribution >= 4 is 27.0 Å². The van der Waals surface area contributed by atoms with Crippen LogP contribution < -0.4 is 4.72 Å². The third-order valence-corrected chi connectivity index (χ3v) is 5.20. The minimum Gasteiger partial charge on any atom is -0.481 e. The smallest absolute Gasteiger partial charge is 0.310 e. The van der Waals surface area contributed by atoms with Gasteiger partial charge in [-0.3, -0.25) is 4.79 Å². The van der Waals surface area contributed by atoms with Crippen LogP contribution in [0.5, 0.6) is 0 Å². The molecule has 1 heterocycles. The monoisotopic (exact) mass is 321 g/mol. The predicted molar refractivity (Wildman–Crippen MR) is 79.7 cm³/mol. The molecule has 0 aliphatic heterocycles. The average Bonchev–Trinajstić information content (AvgIpc) is 3.06. The zero-order valence-corrected chi connectivity index (χ0v) is 12.6. The number of fused-ring (bicyclic) bond motifs is 1. The van der Waals surface area contributed by atoms with Crippen molar-refractivity contribution in [2.75, 3.05) is 0 Å². The standard InChI is InChI=1S/C14H15N3O4S/c1-17-8-15-12-7-11(4-5-13(12)17)22(20,21)16-10-3-2-9(6-10)14(18)19/h2-5,7-10,16H,6H2,1H3,(H,18,19). The number of carbonyl (C=O) groups is 1. The van der Waals surface area contributed by atoms with Crippen LogP contribution in [0.4, 0.5) is 0 Å². The number of carboxylic acid groups (broad SMARTS) is 1. The van der Waals surface area contributed by atoms with Gasteiger partial charge in [0.2, 0.25) is 10.0 Å². The van der Waals surface area contributed by atoms with E-state index in [1.165, 1.54) is 18.2 Å². The molecule has 1 aliphatic carbocycles. The molecule has 1 aliphatic rings. The highest BCUT2D eigenvalue weighted by molar-refractivity contribution is 7.89. The van der Waals surface area contributed by atoms with E-state index in [0.29, 0.717) is 5.52 Å². The maximum Gasteiger partial charge on any atom is 0.310 e. The van der Waals surface area contributed by atoms with Crippen molar-refractivity contribution in [1.82, 2.24) is 14.3 Å². The van der Waals surface area contributed by atoms with Gasteiger partial charge < -0.3 is 9.67 Å². The molecule has 2 N–H and O–H groups in total. The van der Waals surface area contributed by atoms with Crippen LogP contribution in [0.15, 0.2) is 41.6 Å². The summed E-state index contributed by atoms with van der Waals surface area (Å²) in [4.78, 5) is 15.1. The highest BCUT2D eigenvalue weighted by atomic mass is 32.2. The summed E-state index contributed by atoms with van der Waals surface area (Å²) in [7, 11) is -1.89. The third kappa shape index (κ3) is 2.62. The lowest BCUT2D eigenvalue weighted by atomic mass is 10.1. The summed E-state index contributed by atoms with van der Waals surface area (Å²) in [5.74, 6) is -1.60. The molecule has 0 saturated carbocycles. The minimum atomic E-state index is -3.72. The first-order valence-electron chi connectivity index (χ1n) is 6.71. The van der Waals surface area contributed by atoms with Gasteiger partial charge in [0, 0.05) is 13.1 Å². The largest absolute Gasteiger partial charge is 0.481 e. The fourth-order valence-corrected chi connectivity index (χ4v) is 3.74. The van der Waals surface area contributed by atoms with Crippen LogP contribution in [-0.4, -0.2) is 35.1 Å². The van der Waals surface area contributed by atoms with Crippen molar-refractivity contribution in [1.29, 1.82) is 0 Å². The maximum atomic E-state index is 12.4. The van der Waals surface area contributed by atoms with Crippen molar-refractivity contribution in [3.05, 3.63) is 36.7 Å². The Morgan fingerprint density at radius 3 is 2.86 bits per heavy atom. The van der Waals surface area contributed by atoms with E-state index < -0.39 is 28.0 Å². The molecule has 0 radical (unpaired) electrons. The van der Waals surface area contributed by atoms with E-state index in [0.717, 1.165) is 5.52 Å². The molecule has 3 rings (SSSR count). The summed E-state index contributed by atoms with van der Waals surface area (Å²) in [6.07, 6.45) is 4.93. The Hall–Kier alpha value is -2.19. The van der Waals surface area contributed by atoms with Gasteiger partial charge in [-0.1, -0.05) is 12.2 Å². The number of benzene rings is 1. The van der Waals surface area contributed by atoms with Crippen LogP contribution >= 0.6 is 0 Å². The topological polar surface area (TPSA) is 101 Å². The fourth-order valence-electron chi connectivity index (χ4n) is 2.52. The van der Waals surface area contributed by atoms with E-state index in [1.807, 2.05) is 7.05 Å². The van der Waals surface area contributed by atoms with Gasteiger partial charge in [0.25, 0.3) is 0 Å². The fraction of sp³-hybridized carbons (Fsp3) is 0.286. The first kappa shape index (κ1) is 14.7. The number of aryl methyl sites for hydroxylation is 1. The second-order valence-electron chi connectivity index (χ2n) is 5.30. The summed E-state index contributed by atoms with van der Waals surface area (Å²) in [5.41, 5.74) is 1.43. The van der Waals surface area contributed by atoms with Crippen molar-refractivity contribution in [3.63, 3.8) is 0 Å². The van der Waals surface area contributed by atoms with E-state index in [1.54, 1.807) is 23.0 Å². The van der Waals surface area contributed by atoms with Gasteiger partial charge in [0.15, 0.2) is 0 Å². The SMILES string of the molecule is Cn1cnc2cc(S(=O)(=O)NC3C=CC(C(=O)O)C3)ccc21. The van der Waals surface area contributed by atoms with Gasteiger partial charge in [-0.25, -0.2) is 18.1 Å². The zero-order valence-electron chi connectivity index (χ0n) is 11.8. The first-order chi connectivity index (χ1) is 10.4. The summed E-state index contributed by atoms with van der Waals surface area (Å²) in [6, 6.07) is 4.21. The van der Waals surface area contributed by atoms with Crippen molar-refractivity contribution < 1.29 is 18.3 Å². The zero-order chi connectivity index (χ0) is 15.9. The number of imidazole rings is 1. The number of nitrogens with one attached hydrogen (secondary N) is 1. The molecule has 1 aromatic heterocycles. The normalized spacial score (nSPS) is 21.5. The van der Waals surface area contributed by atoms with Gasteiger partial charge in [0.1, 0.15) is 0 Å². The Labute approximate surface area is 127 Å². The molecule has 22 heavy (non-hydrogen) atoms. The quantitative estimate of drug-likeness (QED) is 0.814. The Morgan fingerprint density at radius 1 is 1.41 bits per heavy atom. The lowest BCUT2D eigenvalue weighted by molar-refractivity contribution is -0.140. The van der Waals surface area contributed by atoms with Gasteiger partial charge in [-0.15, -0.1) is 0 Å². The minimum absolute atomic E-state index is 0.117. The molecule has 0 bridgehead atoms. The second kappa shape index (κ2) is 5.22. The number of rotatable bonds is 4. The Kier molecular flexibility index (Phi) is 3.50. The van der Waals surface area contributed by atoms with Crippen LogP contribution in [0.2, 0.25) is 0 Å². The second-order valence-corrected chi connectivity index (χ2v) is 7.01. The van der Waals surface area contributed by atoms with E-state index in [9.17, 15) is 13.2 Å². The number of aliphatic carboxylic acids is 1. The molecule has 2 atom stereocenters. The van der Waals surface area contributed by atoms with E-state index in [2.05, 4.69) is 9.71 Å². The lowest BCUT2D eigenvalue weighted by Crippen LogP contribution is -2.33. The number of aromatic nitrogens is 2. The number of carboxylic acids is 1. The van der Waals surface area contributed by atoms with Crippen molar-refractivity contribution in [2.45, 2.75) is 17.4 Å². The molecule has 116 valence electrons. The molecule has 2 unspecified atom stereocenters. The van der Waals surface area contributed by atoms with Crippen LogP contribution in [0.1, 0.15) is 6.42 Å². The van der Waals surface area contributed by atoms with Gasteiger partial charge >= 0.3 is 5.97 Å². The lowest BCUT2D eigenvalue weighted by Gasteiger charge is -2.12. The van der Waals surface area contributed by atoms with E-state index in [-0.39, 0.29) is 11.3 Å². The molecular weight excluding hydrogens is 306 g/mol. The van der Waals surface area contributed by atoms with Crippen LogP contribution in [-0.2, 0) is 21.9 Å². The van der Waals surface area contributed by atoms with Gasteiger partial charge in [-0.05, 0) is 24.6 Å². The molecule has 0 fully saturated rings. The molecule has 7 nitrogen and oxygen atoms in total. The summed E-state index contributed by atoms with van der Waals surface area (Å²) >= 11 is 0. The first-order valence-corrected chi connectivity index (χ1v) is 8.20. The number of hydrogen-bond donors (Lipinski definition) is 2. The van der Waals surface area contributed by atoms with Crippen LogP contribution in [0.25, 0.3) is 11.0 Å². The molecule has 2 aromatic rings. The third-order valence-electron chi connectivity index (χ3n) is 3.71. The highest BCUT2D eigenvalue weighted by Gasteiger charge is 2.28. The summed E-state index contributed by atoms with van der Waals surface area (Å²) in [6.45, 7) is 0.